The molecule has 4 rings (SSSR count). The molecule has 4 nitrogen and oxygen atoms in total. The van der Waals surface area contributed by atoms with Gasteiger partial charge in [0, 0.05) is 31.0 Å². The number of ether oxygens (including phenoxy) is 1. The smallest absolute Gasteiger partial charge is 0.226 e. The van der Waals surface area contributed by atoms with E-state index < -0.39 is 0 Å². The minimum atomic E-state index is 0.274. The summed E-state index contributed by atoms with van der Waals surface area (Å²) in [4.78, 5) is 15.2. The van der Waals surface area contributed by atoms with Gasteiger partial charge in [0.2, 0.25) is 5.91 Å². The van der Waals surface area contributed by atoms with Crippen LogP contribution in [0.3, 0.4) is 0 Å². The molecule has 3 aliphatic carbocycles. The molecule has 0 radical (unpaired) electrons. The quantitative estimate of drug-likeness (QED) is 0.865. The Labute approximate surface area is 140 Å². The van der Waals surface area contributed by atoms with E-state index in [-0.39, 0.29) is 5.41 Å². The Morgan fingerprint density at radius 1 is 1.22 bits per heavy atom. The second-order valence-corrected chi connectivity index (χ2v) is 8.45. The van der Waals surface area contributed by atoms with Crippen molar-refractivity contribution in [2.75, 3.05) is 26.7 Å². The molecule has 130 valence electrons. The normalized spacial score (nSPS) is 36.9. The van der Waals surface area contributed by atoms with E-state index in [9.17, 15) is 4.79 Å². The van der Waals surface area contributed by atoms with Crippen LogP contribution in [0.2, 0.25) is 0 Å². The van der Waals surface area contributed by atoms with Crippen LogP contribution in [0.5, 0.6) is 0 Å². The number of piperidine rings is 1. The van der Waals surface area contributed by atoms with Gasteiger partial charge in [-0.25, -0.2) is 0 Å². The van der Waals surface area contributed by atoms with E-state index in [0.29, 0.717) is 29.4 Å². The van der Waals surface area contributed by atoms with Crippen LogP contribution in [-0.2, 0) is 9.53 Å². The highest BCUT2D eigenvalue weighted by Gasteiger charge is 2.63. The third kappa shape index (κ3) is 2.36. The van der Waals surface area contributed by atoms with E-state index in [1.54, 1.807) is 0 Å². The van der Waals surface area contributed by atoms with Crippen molar-refractivity contribution in [3.63, 3.8) is 0 Å². The highest BCUT2D eigenvalue weighted by atomic mass is 16.5. The maximum absolute atomic E-state index is 13.1. The molecule has 1 amide bonds. The van der Waals surface area contributed by atoms with Gasteiger partial charge in [0.05, 0.1) is 6.10 Å². The van der Waals surface area contributed by atoms with Gasteiger partial charge in [0.15, 0.2) is 0 Å². The molecule has 0 aromatic heterocycles. The van der Waals surface area contributed by atoms with Crippen molar-refractivity contribution in [1.29, 1.82) is 0 Å². The predicted octanol–water partition coefficient (Wildman–Crippen LogP) is 2.57. The summed E-state index contributed by atoms with van der Waals surface area (Å²) in [7, 11) is 2.07. The zero-order valence-electron chi connectivity index (χ0n) is 14.8. The molecule has 2 spiro atoms. The molecule has 4 fully saturated rings. The fourth-order valence-electron chi connectivity index (χ4n) is 5.97. The number of carbonyl (C=O) groups is 1. The highest BCUT2D eigenvalue weighted by Crippen LogP contribution is 2.61. The lowest BCUT2D eigenvalue weighted by Crippen LogP contribution is -2.64. The van der Waals surface area contributed by atoms with E-state index in [0.717, 1.165) is 32.5 Å². The van der Waals surface area contributed by atoms with E-state index in [4.69, 9.17) is 4.74 Å². The molecule has 23 heavy (non-hydrogen) atoms. The van der Waals surface area contributed by atoms with Crippen molar-refractivity contribution < 1.29 is 9.53 Å². The third-order valence-corrected chi connectivity index (χ3v) is 7.55. The Bertz CT molecular complexity index is 466. The number of nitrogens with zero attached hydrogens (tertiary/aromatic N) is 1. The van der Waals surface area contributed by atoms with Gasteiger partial charge in [0.1, 0.15) is 0 Å². The largest absolute Gasteiger partial charge is 0.378 e. The lowest BCUT2D eigenvalue weighted by molar-refractivity contribution is -0.173. The molecule has 1 saturated heterocycles. The van der Waals surface area contributed by atoms with Gasteiger partial charge in [-0.1, -0.05) is 12.8 Å². The SMILES string of the molecule is CCOC1CC(N(C)C(=O)C2CC23CCNCC3)C12CCCC2. The molecule has 1 heterocycles. The lowest BCUT2D eigenvalue weighted by Gasteiger charge is -2.57. The fourth-order valence-corrected chi connectivity index (χ4v) is 5.97. The third-order valence-electron chi connectivity index (χ3n) is 7.55. The fraction of sp³-hybridized carbons (Fsp3) is 0.947. The Morgan fingerprint density at radius 3 is 2.57 bits per heavy atom. The molecule has 0 aromatic rings. The molecule has 3 atom stereocenters. The molecule has 0 bridgehead atoms. The summed E-state index contributed by atoms with van der Waals surface area (Å²) in [5.74, 6) is 0.734. The molecule has 4 heteroatoms. The van der Waals surface area contributed by atoms with Crippen LogP contribution in [-0.4, -0.2) is 49.7 Å². The van der Waals surface area contributed by atoms with Crippen molar-refractivity contribution in [2.45, 2.75) is 70.4 Å². The summed E-state index contributed by atoms with van der Waals surface area (Å²) in [6, 6.07) is 0.424. The van der Waals surface area contributed by atoms with E-state index in [1.807, 2.05) is 0 Å². The molecule has 0 aromatic carbocycles. The monoisotopic (exact) mass is 320 g/mol. The van der Waals surface area contributed by atoms with Gasteiger partial charge < -0.3 is 15.0 Å². The molecular weight excluding hydrogens is 288 g/mol. The summed E-state index contributed by atoms with van der Waals surface area (Å²) < 4.78 is 6.02. The lowest BCUT2D eigenvalue weighted by atomic mass is 9.60. The van der Waals surface area contributed by atoms with Crippen molar-refractivity contribution >= 4 is 5.91 Å². The van der Waals surface area contributed by atoms with Crippen LogP contribution >= 0.6 is 0 Å². The first kappa shape index (κ1) is 15.9. The average Bonchev–Trinajstić information content (AvgIpc) is 3.02. The van der Waals surface area contributed by atoms with Crippen molar-refractivity contribution in [1.82, 2.24) is 10.2 Å². The first-order valence-electron chi connectivity index (χ1n) is 9.72. The number of amides is 1. The van der Waals surface area contributed by atoms with Crippen LogP contribution in [0.15, 0.2) is 0 Å². The highest BCUT2D eigenvalue weighted by molar-refractivity contribution is 5.83. The second-order valence-electron chi connectivity index (χ2n) is 8.45. The Kier molecular flexibility index (Phi) is 3.96. The van der Waals surface area contributed by atoms with Crippen molar-refractivity contribution in [3.8, 4) is 0 Å². The molecule has 1 N–H and O–H groups in total. The Morgan fingerprint density at radius 2 is 1.91 bits per heavy atom. The van der Waals surface area contributed by atoms with Crippen LogP contribution in [0.4, 0.5) is 0 Å². The maximum atomic E-state index is 13.1. The summed E-state index contributed by atoms with van der Waals surface area (Å²) in [6.07, 6.45) is 10.1. The summed E-state index contributed by atoms with van der Waals surface area (Å²) in [5, 5.41) is 3.43. The maximum Gasteiger partial charge on any atom is 0.226 e. The van der Waals surface area contributed by atoms with Gasteiger partial charge in [-0.05, 0) is 64.0 Å². The number of rotatable bonds is 4. The average molecular weight is 320 g/mol. The molecular formula is C19H32N2O2. The molecule has 4 aliphatic rings. The van der Waals surface area contributed by atoms with E-state index in [1.165, 1.54) is 38.5 Å². The first-order chi connectivity index (χ1) is 11.1. The number of hydrogen-bond acceptors (Lipinski definition) is 3. The van der Waals surface area contributed by atoms with Crippen molar-refractivity contribution in [2.24, 2.45) is 16.7 Å². The Balaban J connectivity index is 1.43. The molecule has 3 saturated carbocycles. The van der Waals surface area contributed by atoms with Gasteiger partial charge in [-0.3, -0.25) is 4.79 Å². The number of carbonyl (C=O) groups excluding carboxylic acids is 1. The first-order valence-corrected chi connectivity index (χ1v) is 9.72. The molecule has 3 unspecified atom stereocenters. The zero-order chi connectivity index (χ0) is 16.1. The standard InChI is InChI=1S/C19H32N2O2/c1-3-23-16-12-15(19(16)6-4-5-7-19)21(2)17(22)14-13-18(14)8-10-20-11-9-18/h14-16,20H,3-13H2,1-2H3. The van der Waals surface area contributed by atoms with E-state index in [2.05, 4.69) is 24.2 Å². The summed E-state index contributed by atoms with van der Waals surface area (Å²) in [5.41, 5.74) is 0.624. The number of hydrogen-bond donors (Lipinski definition) is 1. The Hall–Kier alpha value is -0.610. The van der Waals surface area contributed by atoms with Crippen molar-refractivity contribution in [3.05, 3.63) is 0 Å². The van der Waals surface area contributed by atoms with Gasteiger partial charge >= 0.3 is 0 Å². The van der Waals surface area contributed by atoms with E-state index >= 15 is 0 Å². The van der Waals surface area contributed by atoms with Gasteiger partial charge in [-0.15, -0.1) is 0 Å². The molecule has 1 aliphatic heterocycles. The van der Waals surface area contributed by atoms with Crippen LogP contribution in [0.25, 0.3) is 0 Å². The van der Waals surface area contributed by atoms with Crippen LogP contribution < -0.4 is 5.32 Å². The number of nitrogens with one attached hydrogen (secondary N) is 1. The predicted molar refractivity (Wildman–Crippen MR) is 90.1 cm³/mol. The van der Waals surface area contributed by atoms with Gasteiger partial charge in [0.25, 0.3) is 0 Å². The minimum Gasteiger partial charge on any atom is -0.378 e. The minimum absolute atomic E-state index is 0.274. The van der Waals surface area contributed by atoms with Gasteiger partial charge in [-0.2, -0.15) is 0 Å². The van der Waals surface area contributed by atoms with Crippen LogP contribution in [0.1, 0.15) is 58.3 Å². The zero-order valence-corrected chi connectivity index (χ0v) is 14.8. The summed E-state index contributed by atoms with van der Waals surface area (Å²) in [6.45, 7) is 5.08. The topological polar surface area (TPSA) is 41.6 Å². The van der Waals surface area contributed by atoms with Crippen LogP contribution in [0, 0.1) is 16.7 Å². The summed E-state index contributed by atoms with van der Waals surface area (Å²) >= 11 is 0. The second kappa shape index (κ2) is 5.73.